The summed E-state index contributed by atoms with van der Waals surface area (Å²) in [4.78, 5) is 13.4. The number of hydrogen-bond donors (Lipinski definition) is 1. The minimum Gasteiger partial charge on any atom is -0.344 e. The molecule has 2 fully saturated rings. The Morgan fingerprint density at radius 2 is 2.21 bits per heavy atom. The van der Waals surface area contributed by atoms with Crippen LogP contribution in [-0.4, -0.2) is 37.0 Å². The Balaban J connectivity index is 1.74. The van der Waals surface area contributed by atoms with Gasteiger partial charge in [-0.25, -0.2) is 0 Å². The molecule has 14 heavy (non-hydrogen) atoms. The van der Waals surface area contributed by atoms with Gasteiger partial charge in [0.1, 0.15) is 0 Å². The molecule has 2 unspecified atom stereocenters. The monoisotopic (exact) mass is 196 g/mol. The zero-order chi connectivity index (χ0) is 10.3. The van der Waals surface area contributed by atoms with Crippen molar-refractivity contribution in [1.29, 1.82) is 0 Å². The zero-order valence-electron chi connectivity index (χ0n) is 9.34. The van der Waals surface area contributed by atoms with Crippen molar-refractivity contribution in [2.24, 2.45) is 11.3 Å². The minimum absolute atomic E-state index is 0.0939. The van der Waals surface area contributed by atoms with Crippen molar-refractivity contribution >= 4 is 5.91 Å². The lowest BCUT2D eigenvalue weighted by Gasteiger charge is -2.12. The number of likely N-dealkylation sites (tertiary alicyclic amines) is 1. The van der Waals surface area contributed by atoms with Crippen LogP contribution in [0, 0.1) is 11.3 Å². The summed E-state index contributed by atoms with van der Waals surface area (Å²) in [5, 5.41) is 3.39. The molecule has 80 valence electrons. The summed E-state index contributed by atoms with van der Waals surface area (Å²) >= 11 is 0. The molecule has 0 bridgehead atoms. The number of carbonyl (C=O) groups excluding carboxylic acids is 1. The van der Waals surface area contributed by atoms with Crippen molar-refractivity contribution in [2.75, 3.05) is 20.1 Å². The molecular weight excluding hydrogens is 176 g/mol. The molecule has 1 aliphatic heterocycles. The van der Waals surface area contributed by atoms with Gasteiger partial charge in [-0.3, -0.25) is 4.79 Å². The number of hydrogen-bond acceptors (Lipinski definition) is 2. The minimum atomic E-state index is 0.0939. The first-order chi connectivity index (χ1) is 6.50. The van der Waals surface area contributed by atoms with Gasteiger partial charge < -0.3 is 10.2 Å². The molecule has 2 aliphatic rings. The number of rotatable bonds is 3. The van der Waals surface area contributed by atoms with E-state index in [1.165, 1.54) is 6.42 Å². The molecule has 2 atom stereocenters. The fourth-order valence-corrected chi connectivity index (χ4v) is 2.22. The lowest BCUT2D eigenvalue weighted by atomic mass is 10.1. The van der Waals surface area contributed by atoms with Gasteiger partial charge in [0.05, 0.1) is 6.04 Å². The molecule has 1 aliphatic carbocycles. The van der Waals surface area contributed by atoms with Gasteiger partial charge in [-0.1, -0.05) is 13.8 Å². The van der Waals surface area contributed by atoms with Gasteiger partial charge in [0.2, 0.25) is 5.91 Å². The predicted octanol–water partition coefficient (Wildman–Crippen LogP) is 0.853. The van der Waals surface area contributed by atoms with Crippen molar-refractivity contribution in [2.45, 2.75) is 32.7 Å². The van der Waals surface area contributed by atoms with Crippen LogP contribution in [0.15, 0.2) is 0 Å². The Hall–Kier alpha value is -0.570. The van der Waals surface area contributed by atoms with E-state index in [1.807, 2.05) is 11.9 Å². The molecule has 2 rings (SSSR count). The van der Waals surface area contributed by atoms with Gasteiger partial charge in [0, 0.05) is 13.6 Å². The maximum atomic E-state index is 11.6. The summed E-state index contributed by atoms with van der Waals surface area (Å²) < 4.78 is 0. The van der Waals surface area contributed by atoms with Crippen LogP contribution < -0.4 is 5.32 Å². The molecule has 1 N–H and O–H groups in total. The van der Waals surface area contributed by atoms with Crippen molar-refractivity contribution in [3.05, 3.63) is 0 Å². The average molecular weight is 196 g/mol. The Bertz CT molecular complexity index is 250. The molecule has 1 saturated heterocycles. The first kappa shape index (κ1) is 9.97. The third-order valence-electron chi connectivity index (χ3n) is 3.76. The third-order valence-corrected chi connectivity index (χ3v) is 3.76. The fraction of sp³-hybridized carbons (Fsp3) is 0.909. The number of carbonyl (C=O) groups is 1. The first-order valence-electron chi connectivity index (χ1n) is 5.49. The van der Waals surface area contributed by atoms with Crippen LogP contribution in [0.3, 0.4) is 0 Å². The zero-order valence-corrected chi connectivity index (χ0v) is 9.34. The highest BCUT2D eigenvalue weighted by atomic mass is 16.2. The lowest BCUT2D eigenvalue weighted by Crippen LogP contribution is -2.38. The quantitative estimate of drug-likeness (QED) is 0.726. The smallest absolute Gasteiger partial charge is 0.239 e. The summed E-state index contributed by atoms with van der Waals surface area (Å²) in [5.74, 6) is 1.05. The molecule has 0 aromatic heterocycles. The fourth-order valence-electron chi connectivity index (χ4n) is 2.22. The van der Waals surface area contributed by atoms with Crippen LogP contribution in [0.4, 0.5) is 0 Å². The maximum Gasteiger partial charge on any atom is 0.239 e. The molecular formula is C11H20N2O. The predicted molar refractivity (Wildman–Crippen MR) is 55.9 cm³/mol. The van der Waals surface area contributed by atoms with Gasteiger partial charge in [-0.05, 0) is 30.7 Å². The van der Waals surface area contributed by atoms with E-state index in [4.69, 9.17) is 0 Å². The Morgan fingerprint density at radius 1 is 1.57 bits per heavy atom. The summed E-state index contributed by atoms with van der Waals surface area (Å²) in [7, 11) is 1.88. The molecule has 0 aromatic carbocycles. The first-order valence-corrected chi connectivity index (χ1v) is 5.49. The lowest BCUT2D eigenvalue weighted by molar-refractivity contribution is -0.128. The van der Waals surface area contributed by atoms with Crippen molar-refractivity contribution in [3.63, 3.8) is 0 Å². The molecule has 1 heterocycles. The van der Waals surface area contributed by atoms with Gasteiger partial charge >= 0.3 is 0 Å². The van der Waals surface area contributed by atoms with Crippen LogP contribution in [0.2, 0.25) is 0 Å². The van der Waals surface area contributed by atoms with E-state index < -0.39 is 0 Å². The topological polar surface area (TPSA) is 32.3 Å². The third kappa shape index (κ3) is 1.78. The molecule has 3 nitrogen and oxygen atoms in total. The molecule has 0 aromatic rings. The van der Waals surface area contributed by atoms with E-state index in [2.05, 4.69) is 19.2 Å². The highest BCUT2D eigenvalue weighted by Crippen LogP contribution is 2.51. The van der Waals surface area contributed by atoms with Crippen LogP contribution in [0.25, 0.3) is 0 Å². The van der Waals surface area contributed by atoms with Crippen LogP contribution in [-0.2, 0) is 4.79 Å². The summed E-state index contributed by atoms with van der Waals surface area (Å²) in [6.07, 6.45) is 2.28. The van der Waals surface area contributed by atoms with E-state index in [-0.39, 0.29) is 11.9 Å². The van der Waals surface area contributed by atoms with Crippen LogP contribution in [0.1, 0.15) is 26.7 Å². The summed E-state index contributed by atoms with van der Waals surface area (Å²) in [5.41, 5.74) is 0.514. The number of likely N-dealkylation sites (N-methyl/N-ethyl adjacent to an activating group) is 1. The van der Waals surface area contributed by atoms with Gasteiger partial charge in [-0.2, -0.15) is 0 Å². The molecule has 1 amide bonds. The van der Waals surface area contributed by atoms with E-state index in [0.717, 1.165) is 25.4 Å². The number of nitrogens with one attached hydrogen (secondary N) is 1. The highest BCUT2D eigenvalue weighted by Gasteiger charge is 2.45. The Morgan fingerprint density at radius 3 is 2.64 bits per heavy atom. The van der Waals surface area contributed by atoms with Gasteiger partial charge in [0.15, 0.2) is 0 Å². The van der Waals surface area contributed by atoms with Gasteiger partial charge in [0.25, 0.3) is 0 Å². The average Bonchev–Trinajstić information content (AvgIpc) is 2.60. The second-order valence-corrected chi connectivity index (χ2v) is 5.40. The molecule has 0 radical (unpaired) electrons. The largest absolute Gasteiger partial charge is 0.344 e. The molecule has 0 spiro atoms. The number of nitrogens with zero attached hydrogens (tertiary/aromatic N) is 1. The standard InChI is InChI=1S/C11H20N2O/c1-11(2)6-8(11)7-12-9-4-5-13(3)10(9)14/h8-9,12H,4-7H2,1-3H3. The molecule has 3 heteroatoms. The Kier molecular flexibility index (Phi) is 2.30. The molecule has 1 saturated carbocycles. The second kappa shape index (κ2) is 3.23. The van der Waals surface area contributed by atoms with E-state index >= 15 is 0 Å². The van der Waals surface area contributed by atoms with Crippen molar-refractivity contribution in [3.8, 4) is 0 Å². The maximum absolute atomic E-state index is 11.6. The van der Waals surface area contributed by atoms with Gasteiger partial charge in [-0.15, -0.1) is 0 Å². The van der Waals surface area contributed by atoms with Crippen LogP contribution >= 0.6 is 0 Å². The highest BCUT2D eigenvalue weighted by molar-refractivity contribution is 5.83. The van der Waals surface area contributed by atoms with E-state index in [0.29, 0.717) is 5.41 Å². The summed E-state index contributed by atoms with van der Waals surface area (Å²) in [6.45, 7) is 6.51. The van der Waals surface area contributed by atoms with E-state index in [1.54, 1.807) is 0 Å². The Labute approximate surface area is 85.8 Å². The SMILES string of the molecule is CN1CCC(NCC2CC2(C)C)C1=O. The van der Waals surface area contributed by atoms with Crippen molar-refractivity contribution < 1.29 is 4.79 Å². The van der Waals surface area contributed by atoms with Crippen LogP contribution in [0.5, 0.6) is 0 Å². The van der Waals surface area contributed by atoms with Crippen molar-refractivity contribution in [1.82, 2.24) is 10.2 Å². The number of amides is 1. The summed E-state index contributed by atoms with van der Waals surface area (Å²) in [6, 6.07) is 0.0939. The normalized spacial score (nSPS) is 35.1. The van der Waals surface area contributed by atoms with E-state index in [9.17, 15) is 4.79 Å². The second-order valence-electron chi connectivity index (χ2n) is 5.40.